The zero-order chi connectivity index (χ0) is 20.3. The molecule has 0 aromatic carbocycles. The van der Waals surface area contributed by atoms with Gasteiger partial charge in [-0.1, -0.05) is 19.9 Å². The van der Waals surface area contributed by atoms with E-state index in [0.29, 0.717) is 11.7 Å². The molecule has 28 heavy (non-hydrogen) atoms. The van der Waals surface area contributed by atoms with Crippen LogP contribution in [0.25, 0.3) is 11.1 Å². The molecule has 1 aliphatic rings. The number of nitrogens with zero attached hydrogens (tertiary/aromatic N) is 3. The standard InChI is InChI=1S/C22H30N4O2/c1-6-16(11-13-28-5)26-20(7-2)25-21-18(10-12-23-22(21)26)17-8-9-19(15(4)27)24-14(17)3/h8-10,12,16,20,25H,6-7,11,13H2,1-5H3. The molecule has 0 amide bonds. The molecule has 0 fully saturated rings. The van der Waals surface area contributed by atoms with Gasteiger partial charge in [0.2, 0.25) is 0 Å². The Morgan fingerprint density at radius 2 is 2.07 bits per heavy atom. The van der Waals surface area contributed by atoms with E-state index in [4.69, 9.17) is 9.72 Å². The van der Waals surface area contributed by atoms with Gasteiger partial charge >= 0.3 is 0 Å². The molecule has 0 radical (unpaired) electrons. The number of nitrogens with one attached hydrogen (secondary N) is 1. The summed E-state index contributed by atoms with van der Waals surface area (Å²) in [5, 5.41) is 3.69. The first-order valence-electron chi connectivity index (χ1n) is 10.0. The van der Waals surface area contributed by atoms with E-state index in [1.807, 2.05) is 25.3 Å². The zero-order valence-electron chi connectivity index (χ0n) is 17.5. The fourth-order valence-electron chi connectivity index (χ4n) is 3.96. The first kappa shape index (κ1) is 20.3. The van der Waals surface area contributed by atoms with E-state index >= 15 is 0 Å². The first-order valence-corrected chi connectivity index (χ1v) is 10.0. The first-order chi connectivity index (χ1) is 13.5. The normalized spacial score (nSPS) is 16.6. The highest BCUT2D eigenvalue weighted by atomic mass is 16.5. The Kier molecular flexibility index (Phi) is 6.29. The minimum Gasteiger partial charge on any atom is -0.385 e. The molecule has 3 heterocycles. The summed E-state index contributed by atoms with van der Waals surface area (Å²) >= 11 is 0. The lowest BCUT2D eigenvalue weighted by Gasteiger charge is -2.33. The monoisotopic (exact) mass is 382 g/mol. The predicted molar refractivity (Wildman–Crippen MR) is 113 cm³/mol. The number of hydrogen-bond donors (Lipinski definition) is 1. The summed E-state index contributed by atoms with van der Waals surface area (Å²) in [5.74, 6) is 0.969. The summed E-state index contributed by atoms with van der Waals surface area (Å²) in [5.41, 5.74) is 4.50. The van der Waals surface area contributed by atoms with Crippen molar-refractivity contribution in [1.29, 1.82) is 0 Å². The van der Waals surface area contributed by atoms with Gasteiger partial charge in [0.15, 0.2) is 11.6 Å². The van der Waals surface area contributed by atoms with Gasteiger partial charge in [0, 0.05) is 49.7 Å². The molecule has 2 atom stereocenters. The van der Waals surface area contributed by atoms with Gasteiger partial charge in [0.05, 0.1) is 5.69 Å². The number of ketones is 1. The molecule has 2 aromatic rings. The fourth-order valence-corrected chi connectivity index (χ4v) is 3.96. The third kappa shape index (κ3) is 3.74. The molecule has 6 nitrogen and oxygen atoms in total. The maximum Gasteiger partial charge on any atom is 0.178 e. The topological polar surface area (TPSA) is 67.3 Å². The zero-order valence-corrected chi connectivity index (χ0v) is 17.5. The molecule has 3 rings (SSSR count). The van der Waals surface area contributed by atoms with E-state index in [2.05, 4.69) is 29.0 Å². The van der Waals surface area contributed by atoms with Crippen LogP contribution in [0.4, 0.5) is 11.5 Å². The number of pyridine rings is 2. The summed E-state index contributed by atoms with van der Waals surface area (Å²) < 4.78 is 5.33. The van der Waals surface area contributed by atoms with Crippen molar-refractivity contribution in [2.24, 2.45) is 0 Å². The second-order valence-electron chi connectivity index (χ2n) is 7.26. The van der Waals surface area contributed by atoms with Crippen LogP contribution in [-0.4, -0.2) is 41.7 Å². The van der Waals surface area contributed by atoms with Crippen LogP contribution >= 0.6 is 0 Å². The van der Waals surface area contributed by atoms with Gasteiger partial charge in [0.1, 0.15) is 11.9 Å². The number of rotatable bonds is 8. The number of carbonyl (C=O) groups excluding carboxylic acids is 1. The maximum absolute atomic E-state index is 11.7. The Hall–Kier alpha value is -2.47. The Labute approximate surface area is 167 Å². The molecule has 0 saturated heterocycles. The van der Waals surface area contributed by atoms with Crippen LogP contribution < -0.4 is 10.2 Å². The number of ether oxygens (including phenoxy) is 1. The SMILES string of the molecule is CCC(CCOC)N1c2nccc(-c3ccc(C(C)=O)nc3C)c2NC1CC. The lowest BCUT2D eigenvalue weighted by atomic mass is 10.0. The van der Waals surface area contributed by atoms with Crippen LogP contribution in [0.5, 0.6) is 0 Å². The number of fused-ring (bicyclic) bond motifs is 1. The summed E-state index contributed by atoms with van der Waals surface area (Å²) in [6.07, 6.45) is 5.03. The van der Waals surface area contributed by atoms with Gasteiger partial charge in [-0.25, -0.2) is 9.97 Å². The number of aryl methyl sites for hydroxylation is 1. The van der Waals surface area contributed by atoms with Gasteiger partial charge in [-0.15, -0.1) is 0 Å². The molecule has 2 unspecified atom stereocenters. The summed E-state index contributed by atoms with van der Waals surface area (Å²) in [4.78, 5) is 23.3. The molecule has 6 heteroatoms. The van der Waals surface area contributed by atoms with Gasteiger partial charge in [-0.3, -0.25) is 4.79 Å². The van der Waals surface area contributed by atoms with E-state index in [1.165, 1.54) is 0 Å². The Bertz CT molecular complexity index is 852. The summed E-state index contributed by atoms with van der Waals surface area (Å²) in [6, 6.07) is 6.17. The number of Topliss-reactive ketones (excluding diaryl/α,β-unsaturated/α-hetero) is 1. The van der Waals surface area contributed by atoms with E-state index in [-0.39, 0.29) is 11.9 Å². The third-order valence-electron chi connectivity index (χ3n) is 5.47. The molecule has 0 saturated carbocycles. The largest absolute Gasteiger partial charge is 0.385 e. The van der Waals surface area contributed by atoms with Crippen molar-refractivity contribution in [1.82, 2.24) is 9.97 Å². The minimum atomic E-state index is -0.0196. The fraction of sp³-hybridized carbons (Fsp3) is 0.500. The molecule has 0 bridgehead atoms. The molecule has 1 N–H and O–H groups in total. The van der Waals surface area contributed by atoms with Crippen molar-refractivity contribution >= 4 is 17.3 Å². The predicted octanol–water partition coefficient (Wildman–Crippen LogP) is 4.44. The number of hydrogen-bond acceptors (Lipinski definition) is 6. The van der Waals surface area contributed by atoms with Crippen molar-refractivity contribution in [2.45, 2.75) is 59.2 Å². The second-order valence-corrected chi connectivity index (χ2v) is 7.26. The van der Waals surface area contributed by atoms with Crippen molar-refractivity contribution in [2.75, 3.05) is 23.9 Å². The second kappa shape index (κ2) is 8.69. The van der Waals surface area contributed by atoms with Gasteiger partial charge < -0.3 is 15.0 Å². The van der Waals surface area contributed by atoms with E-state index in [0.717, 1.165) is 54.2 Å². The Morgan fingerprint density at radius 3 is 2.68 bits per heavy atom. The van der Waals surface area contributed by atoms with Crippen LogP contribution in [-0.2, 0) is 4.74 Å². The van der Waals surface area contributed by atoms with E-state index in [1.54, 1.807) is 20.1 Å². The smallest absolute Gasteiger partial charge is 0.178 e. The average Bonchev–Trinajstić information content (AvgIpc) is 3.07. The number of carbonyl (C=O) groups is 1. The van der Waals surface area contributed by atoms with E-state index < -0.39 is 0 Å². The highest BCUT2D eigenvalue weighted by molar-refractivity contribution is 5.94. The maximum atomic E-state index is 11.7. The van der Waals surface area contributed by atoms with Crippen LogP contribution in [0.3, 0.4) is 0 Å². The minimum absolute atomic E-state index is 0.0196. The average molecular weight is 383 g/mol. The molecule has 2 aromatic heterocycles. The van der Waals surface area contributed by atoms with Crippen LogP contribution in [0.2, 0.25) is 0 Å². The number of methoxy groups -OCH3 is 1. The molecular weight excluding hydrogens is 352 g/mol. The van der Waals surface area contributed by atoms with Crippen LogP contribution in [0, 0.1) is 6.92 Å². The molecule has 1 aliphatic heterocycles. The number of anilines is 2. The van der Waals surface area contributed by atoms with Crippen molar-refractivity contribution in [3.63, 3.8) is 0 Å². The van der Waals surface area contributed by atoms with Crippen LogP contribution in [0.15, 0.2) is 24.4 Å². The molecule has 0 spiro atoms. The van der Waals surface area contributed by atoms with Gasteiger partial charge in [0.25, 0.3) is 0 Å². The van der Waals surface area contributed by atoms with Gasteiger partial charge in [-0.2, -0.15) is 0 Å². The molecular formula is C22H30N4O2. The molecule has 0 aliphatic carbocycles. The lowest BCUT2D eigenvalue weighted by Crippen LogP contribution is -2.43. The van der Waals surface area contributed by atoms with Crippen molar-refractivity contribution < 1.29 is 9.53 Å². The summed E-state index contributed by atoms with van der Waals surface area (Å²) in [7, 11) is 1.75. The highest BCUT2D eigenvalue weighted by Gasteiger charge is 2.35. The number of aromatic nitrogens is 2. The Morgan fingerprint density at radius 1 is 1.29 bits per heavy atom. The third-order valence-corrected chi connectivity index (χ3v) is 5.47. The summed E-state index contributed by atoms with van der Waals surface area (Å²) in [6.45, 7) is 8.63. The van der Waals surface area contributed by atoms with Crippen molar-refractivity contribution in [3.8, 4) is 11.1 Å². The van der Waals surface area contributed by atoms with Gasteiger partial charge in [-0.05, 0) is 38.3 Å². The Balaban J connectivity index is 2.04. The van der Waals surface area contributed by atoms with Crippen LogP contribution in [0.1, 0.15) is 56.2 Å². The lowest BCUT2D eigenvalue weighted by molar-refractivity contribution is 0.101. The quantitative estimate of drug-likeness (QED) is 0.681. The highest BCUT2D eigenvalue weighted by Crippen LogP contribution is 2.43. The van der Waals surface area contributed by atoms with E-state index in [9.17, 15) is 4.79 Å². The molecule has 150 valence electrons. The van der Waals surface area contributed by atoms with Crippen molar-refractivity contribution in [3.05, 3.63) is 35.8 Å².